The van der Waals surface area contributed by atoms with Gasteiger partial charge < -0.3 is 25.4 Å². The summed E-state index contributed by atoms with van der Waals surface area (Å²) in [4.78, 5) is 21.6. The number of hydrogen-bond acceptors (Lipinski definition) is 9. The molecule has 3 aromatic carbocycles. The van der Waals surface area contributed by atoms with E-state index >= 15 is 0 Å². The van der Waals surface area contributed by atoms with Crippen LogP contribution in [0.15, 0.2) is 71.6 Å². The van der Waals surface area contributed by atoms with E-state index in [2.05, 4.69) is 30.6 Å². The number of nitrogens with zero attached hydrogens (tertiary/aromatic N) is 2. The Morgan fingerprint density at radius 1 is 0.900 bits per heavy atom. The van der Waals surface area contributed by atoms with Crippen molar-refractivity contribution in [3.63, 3.8) is 0 Å². The Labute approximate surface area is 238 Å². The molecular weight excluding hydrogens is 556 g/mol. The fourth-order valence-corrected chi connectivity index (χ4v) is 5.29. The highest BCUT2D eigenvalue weighted by atomic mass is 35.5. The van der Waals surface area contributed by atoms with Crippen LogP contribution in [0.25, 0.3) is 11.0 Å². The van der Waals surface area contributed by atoms with Gasteiger partial charge in [0, 0.05) is 29.6 Å². The molecule has 1 saturated heterocycles. The lowest BCUT2D eigenvalue weighted by atomic mass is 10.2. The topological polar surface area (TPSA) is 144 Å². The van der Waals surface area contributed by atoms with Crippen molar-refractivity contribution in [2.45, 2.75) is 23.8 Å². The van der Waals surface area contributed by atoms with Crippen molar-refractivity contribution in [1.82, 2.24) is 15.3 Å². The lowest BCUT2D eigenvalue weighted by Gasteiger charge is -2.16. The second-order valence-corrected chi connectivity index (χ2v) is 10.6. The smallest absolute Gasteiger partial charge is 0.263 e. The largest absolute Gasteiger partial charge is 0.497 e. The number of carbonyl (C=O) groups is 1. The molecule has 210 valence electrons. The highest BCUT2D eigenvalue weighted by molar-refractivity contribution is 7.92. The van der Waals surface area contributed by atoms with Crippen LogP contribution in [0.1, 0.15) is 12.8 Å². The molecule has 1 atom stereocenters. The van der Waals surface area contributed by atoms with Gasteiger partial charge in [0.05, 0.1) is 36.2 Å². The van der Waals surface area contributed by atoms with Gasteiger partial charge >= 0.3 is 0 Å². The minimum Gasteiger partial charge on any atom is -0.497 e. The quantitative estimate of drug-likeness (QED) is 0.226. The molecule has 11 nitrogen and oxygen atoms in total. The Bertz CT molecular complexity index is 1610. The number of benzene rings is 3. The van der Waals surface area contributed by atoms with Crippen LogP contribution in [0, 0.1) is 0 Å². The van der Waals surface area contributed by atoms with Crippen LogP contribution in [0.2, 0.25) is 0 Å². The number of hydrogen-bond donors (Lipinski definition) is 4. The third-order valence-corrected chi connectivity index (χ3v) is 7.54. The summed E-state index contributed by atoms with van der Waals surface area (Å²) in [5.41, 5.74) is 2.02. The predicted octanol–water partition coefficient (Wildman–Crippen LogP) is 4.30. The van der Waals surface area contributed by atoms with E-state index in [1.807, 2.05) is 6.07 Å². The molecule has 1 amide bonds. The molecule has 5 rings (SSSR count). The molecule has 1 unspecified atom stereocenters. The van der Waals surface area contributed by atoms with Crippen molar-refractivity contribution in [3.8, 4) is 11.5 Å². The summed E-state index contributed by atoms with van der Waals surface area (Å²) >= 11 is 0. The van der Waals surface area contributed by atoms with Gasteiger partial charge in [0.2, 0.25) is 5.91 Å². The first kappa shape index (κ1) is 28.9. The molecular formula is C27H29ClN6O5S. The molecule has 0 spiro atoms. The van der Waals surface area contributed by atoms with Crippen LogP contribution in [0.5, 0.6) is 11.5 Å². The Hall–Kier alpha value is -4.13. The number of anilines is 4. The Balaban J connectivity index is 0.00000370. The summed E-state index contributed by atoms with van der Waals surface area (Å²) < 4.78 is 40.2. The second kappa shape index (κ2) is 12.4. The molecule has 0 saturated carbocycles. The van der Waals surface area contributed by atoms with Crippen molar-refractivity contribution < 1.29 is 22.7 Å². The highest BCUT2D eigenvalue weighted by Crippen LogP contribution is 2.31. The number of carbonyl (C=O) groups excluding carboxylic acids is 1. The minimum absolute atomic E-state index is 0. The van der Waals surface area contributed by atoms with Gasteiger partial charge in [-0.2, -0.15) is 0 Å². The fraction of sp³-hybridized carbons (Fsp3) is 0.222. The Morgan fingerprint density at radius 2 is 1.57 bits per heavy atom. The minimum atomic E-state index is -4.11. The van der Waals surface area contributed by atoms with Gasteiger partial charge in [0.25, 0.3) is 10.0 Å². The summed E-state index contributed by atoms with van der Waals surface area (Å²) in [6.07, 6.45) is 1.66. The van der Waals surface area contributed by atoms with E-state index in [0.717, 1.165) is 19.4 Å². The number of sulfonamides is 1. The molecule has 0 aliphatic carbocycles. The molecule has 40 heavy (non-hydrogen) atoms. The molecule has 1 aliphatic heterocycles. The van der Waals surface area contributed by atoms with Crippen molar-refractivity contribution >= 4 is 62.4 Å². The van der Waals surface area contributed by atoms with Gasteiger partial charge in [-0.3, -0.25) is 9.52 Å². The molecule has 1 aromatic heterocycles. The van der Waals surface area contributed by atoms with Crippen molar-refractivity contribution in [3.05, 3.63) is 66.7 Å². The van der Waals surface area contributed by atoms with Gasteiger partial charge in [-0.05, 0) is 49.7 Å². The third-order valence-electron chi connectivity index (χ3n) is 6.20. The molecule has 1 aliphatic rings. The zero-order chi connectivity index (χ0) is 27.4. The normalized spacial score (nSPS) is 14.7. The average molecular weight is 585 g/mol. The summed E-state index contributed by atoms with van der Waals surface area (Å²) in [6.45, 7) is 0.780. The van der Waals surface area contributed by atoms with E-state index in [0.29, 0.717) is 33.9 Å². The Morgan fingerprint density at radius 3 is 2.20 bits per heavy atom. The Kier molecular flexibility index (Phi) is 8.93. The van der Waals surface area contributed by atoms with E-state index in [1.54, 1.807) is 48.5 Å². The second-order valence-electron chi connectivity index (χ2n) is 8.91. The van der Waals surface area contributed by atoms with Gasteiger partial charge in [-0.1, -0.05) is 18.2 Å². The molecule has 4 aromatic rings. The number of methoxy groups -OCH3 is 2. The summed E-state index contributed by atoms with van der Waals surface area (Å²) in [5.74, 6) is 1.07. The van der Waals surface area contributed by atoms with Crippen LogP contribution in [0.4, 0.5) is 23.0 Å². The third kappa shape index (κ3) is 6.53. The van der Waals surface area contributed by atoms with Crippen LogP contribution in [0.3, 0.4) is 0 Å². The summed E-state index contributed by atoms with van der Waals surface area (Å²) in [5, 5.41) is 9.05. The van der Waals surface area contributed by atoms with Crippen LogP contribution < -0.4 is 30.1 Å². The standard InChI is InChI=1S/C27H28N6O5S.ClH/c1-37-19-13-18(14-20(16-19)38-2)29-25-26(32-23-10-4-3-9-22(23)31-25)33-39(35,36)21-8-5-7-17(15-21)30-27(34)24-11-6-12-28-24;/h3-5,7-10,13-16,24,28H,6,11-12H2,1-2H3,(H,29,31)(H,30,34)(H,32,33);1H. The predicted molar refractivity (Wildman–Crippen MR) is 157 cm³/mol. The number of aromatic nitrogens is 2. The molecule has 1 fully saturated rings. The SMILES string of the molecule is COc1cc(Nc2nc3ccccc3nc2NS(=O)(=O)c2cccc(NC(=O)C3CCCN3)c2)cc(OC)c1.Cl. The van der Waals surface area contributed by atoms with Gasteiger partial charge in [0.15, 0.2) is 11.6 Å². The maximum atomic E-state index is 13.5. The number of nitrogens with one attached hydrogen (secondary N) is 4. The van der Waals surface area contributed by atoms with E-state index in [4.69, 9.17) is 9.47 Å². The maximum absolute atomic E-state index is 13.5. The van der Waals surface area contributed by atoms with Gasteiger partial charge in [0.1, 0.15) is 11.5 Å². The maximum Gasteiger partial charge on any atom is 0.263 e. The number of rotatable bonds is 9. The summed E-state index contributed by atoms with van der Waals surface area (Å²) in [6, 6.07) is 18.1. The van der Waals surface area contributed by atoms with Crippen molar-refractivity contribution in [1.29, 1.82) is 0 Å². The van der Waals surface area contributed by atoms with E-state index in [1.165, 1.54) is 26.4 Å². The number of amides is 1. The number of halogens is 1. The van der Waals surface area contributed by atoms with E-state index < -0.39 is 10.0 Å². The van der Waals surface area contributed by atoms with Crippen LogP contribution in [-0.2, 0) is 14.8 Å². The number of fused-ring (bicyclic) bond motifs is 1. The van der Waals surface area contributed by atoms with Gasteiger partial charge in [-0.15, -0.1) is 12.4 Å². The molecule has 0 radical (unpaired) electrons. The highest BCUT2D eigenvalue weighted by Gasteiger charge is 2.23. The first-order valence-electron chi connectivity index (χ1n) is 12.3. The summed E-state index contributed by atoms with van der Waals surface area (Å²) in [7, 11) is -1.04. The molecule has 13 heteroatoms. The first-order valence-corrected chi connectivity index (χ1v) is 13.8. The number of para-hydroxylation sites is 2. The monoisotopic (exact) mass is 584 g/mol. The average Bonchev–Trinajstić information content (AvgIpc) is 3.48. The first-order chi connectivity index (χ1) is 18.8. The number of ether oxygens (including phenoxy) is 2. The fourth-order valence-electron chi connectivity index (χ4n) is 4.24. The van der Waals surface area contributed by atoms with Crippen molar-refractivity contribution in [2.75, 3.05) is 36.1 Å². The zero-order valence-electron chi connectivity index (χ0n) is 21.8. The van der Waals surface area contributed by atoms with Crippen LogP contribution in [-0.4, -0.2) is 51.1 Å². The lowest BCUT2D eigenvalue weighted by Crippen LogP contribution is -2.35. The molecule has 0 bridgehead atoms. The van der Waals surface area contributed by atoms with E-state index in [-0.39, 0.29) is 40.9 Å². The van der Waals surface area contributed by atoms with Crippen LogP contribution >= 0.6 is 12.4 Å². The molecule has 4 N–H and O–H groups in total. The van der Waals surface area contributed by atoms with E-state index in [9.17, 15) is 13.2 Å². The van der Waals surface area contributed by atoms with Crippen molar-refractivity contribution in [2.24, 2.45) is 0 Å². The zero-order valence-corrected chi connectivity index (χ0v) is 23.4. The van der Waals surface area contributed by atoms with Gasteiger partial charge in [-0.25, -0.2) is 18.4 Å². The lowest BCUT2D eigenvalue weighted by molar-refractivity contribution is -0.117. The molecule has 2 heterocycles.